The van der Waals surface area contributed by atoms with Crippen LogP contribution in [0.25, 0.3) is 0 Å². The van der Waals surface area contributed by atoms with E-state index in [9.17, 15) is 9.59 Å². The van der Waals surface area contributed by atoms with E-state index in [1.54, 1.807) is 6.92 Å². The Bertz CT molecular complexity index is 516. The summed E-state index contributed by atoms with van der Waals surface area (Å²) in [6, 6.07) is -0.530. The van der Waals surface area contributed by atoms with Gasteiger partial charge in [-0.25, -0.2) is 4.79 Å². The molecule has 0 unspecified atom stereocenters. The number of imide groups is 1. The summed E-state index contributed by atoms with van der Waals surface area (Å²) in [4.78, 5) is 24.3. The number of hydrogen-bond donors (Lipinski definition) is 3. The molecule has 8 nitrogen and oxygen atoms in total. The largest absolute Gasteiger partial charge is 0.410 e. The van der Waals surface area contributed by atoms with Gasteiger partial charge in [-0.3, -0.25) is 10.1 Å². The molecular weight excluding hydrogens is 306 g/mol. The van der Waals surface area contributed by atoms with Gasteiger partial charge < -0.3 is 14.6 Å². The van der Waals surface area contributed by atoms with E-state index in [1.807, 2.05) is 0 Å². The SMILES string of the molecule is CNC(=O)NC(=O)[C@H](C)Sc1nnc(C[NH+]2CCCCC2)o1. The van der Waals surface area contributed by atoms with Crippen LogP contribution in [0.1, 0.15) is 32.1 Å². The maximum Gasteiger partial charge on any atom is 0.321 e. The van der Waals surface area contributed by atoms with Gasteiger partial charge in [0.15, 0.2) is 6.54 Å². The van der Waals surface area contributed by atoms with E-state index in [2.05, 4.69) is 20.8 Å². The zero-order valence-corrected chi connectivity index (χ0v) is 13.7. The molecule has 1 aliphatic rings. The molecule has 9 heteroatoms. The average molecular weight is 328 g/mol. The molecule has 1 aromatic heterocycles. The third-order valence-electron chi connectivity index (χ3n) is 3.52. The van der Waals surface area contributed by atoms with Gasteiger partial charge in [-0.1, -0.05) is 11.8 Å². The number of urea groups is 1. The van der Waals surface area contributed by atoms with E-state index >= 15 is 0 Å². The van der Waals surface area contributed by atoms with Crippen LogP contribution < -0.4 is 15.5 Å². The van der Waals surface area contributed by atoms with Crippen molar-refractivity contribution in [2.24, 2.45) is 0 Å². The van der Waals surface area contributed by atoms with Crippen molar-refractivity contribution in [3.05, 3.63) is 5.89 Å². The van der Waals surface area contributed by atoms with Gasteiger partial charge in [-0.05, 0) is 26.2 Å². The first kappa shape index (κ1) is 16.8. The van der Waals surface area contributed by atoms with Gasteiger partial charge in [-0.15, -0.1) is 10.2 Å². The summed E-state index contributed by atoms with van der Waals surface area (Å²) in [6.45, 7) is 4.68. The molecule has 122 valence electrons. The molecule has 0 aliphatic carbocycles. The lowest BCUT2D eigenvalue weighted by molar-refractivity contribution is -0.919. The lowest BCUT2D eigenvalue weighted by Gasteiger charge is -2.21. The molecule has 1 saturated heterocycles. The highest BCUT2D eigenvalue weighted by Gasteiger charge is 2.21. The average Bonchev–Trinajstić information content (AvgIpc) is 2.95. The molecule has 1 aromatic rings. The number of carbonyl (C=O) groups excluding carboxylic acids is 2. The molecule has 0 spiro atoms. The zero-order chi connectivity index (χ0) is 15.9. The number of carbonyl (C=O) groups is 2. The number of amides is 3. The van der Waals surface area contributed by atoms with Crippen molar-refractivity contribution in [2.75, 3.05) is 20.1 Å². The molecule has 0 radical (unpaired) electrons. The molecule has 0 aromatic carbocycles. The predicted octanol–water partition coefficient (Wildman–Crippen LogP) is -0.425. The van der Waals surface area contributed by atoms with E-state index < -0.39 is 17.2 Å². The van der Waals surface area contributed by atoms with Crippen LogP contribution in [0.15, 0.2) is 9.64 Å². The van der Waals surface area contributed by atoms with Crippen LogP contribution in [0.4, 0.5) is 4.79 Å². The number of aromatic nitrogens is 2. The molecule has 2 heterocycles. The normalized spacial score (nSPS) is 17.0. The number of quaternary nitrogens is 1. The van der Waals surface area contributed by atoms with Crippen LogP contribution in [0.5, 0.6) is 0 Å². The number of hydrogen-bond acceptors (Lipinski definition) is 6. The summed E-state index contributed by atoms with van der Waals surface area (Å²) in [6.07, 6.45) is 3.77. The van der Waals surface area contributed by atoms with E-state index in [4.69, 9.17) is 4.42 Å². The molecule has 2 rings (SSSR count). The van der Waals surface area contributed by atoms with Gasteiger partial charge in [0.05, 0.1) is 18.3 Å². The van der Waals surface area contributed by atoms with Crippen molar-refractivity contribution in [1.82, 2.24) is 20.8 Å². The van der Waals surface area contributed by atoms with Crippen LogP contribution in [-0.2, 0) is 11.3 Å². The van der Waals surface area contributed by atoms with Gasteiger partial charge in [0, 0.05) is 7.05 Å². The maximum absolute atomic E-state index is 11.8. The number of rotatable bonds is 5. The van der Waals surface area contributed by atoms with Gasteiger partial charge in [0.25, 0.3) is 11.1 Å². The molecule has 22 heavy (non-hydrogen) atoms. The third-order valence-corrected chi connectivity index (χ3v) is 4.46. The Morgan fingerprint density at radius 1 is 1.32 bits per heavy atom. The van der Waals surface area contributed by atoms with Crippen LogP contribution >= 0.6 is 11.8 Å². The van der Waals surface area contributed by atoms with Crippen molar-refractivity contribution < 1.29 is 18.9 Å². The summed E-state index contributed by atoms with van der Waals surface area (Å²) in [5.74, 6) is 0.198. The van der Waals surface area contributed by atoms with Crippen LogP contribution in [0.3, 0.4) is 0 Å². The fourth-order valence-electron chi connectivity index (χ4n) is 2.28. The fourth-order valence-corrected chi connectivity index (χ4v) is 2.98. The Kier molecular flexibility index (Phi) is 6.20. The summed E-state index contributed by atoms with van der Waals surface area (Å²) in [5.41, 5.74) is 0. The standard InChI is InChI=1S/C13H21N5O3S/c1-9(11(19)15-12(20)14-2)22-13-17-16-10(21-13)8-18-6-4-3-5-7-18/h9H,3-8H2,1-2H3,(H2,14,15,19,20)/p+1/t9-/m0/s1. The Morgan fingerprint density at radius 2 is 2.05 bits per heavy atom. The van der Waals surface area contributed by atoms with Crippen molar-refractivity contribution in [3.63, 3.8) is 0 Å². The van der Waals surface area contributed by atoms with E-state index in [0.717, 1.165) is 31.4 Å². The summed E-state index contributed by atoms with van der Waals surface area (Å²) in [7, 11) is 1.45. The van der Waals surface area contributed by atoms with Gasteiger partial charge in [0.1, 0.15) is 0 Å². The number of nitrogens with zero attached hydrogens (tertiary/aromatic N) is 2. The fraction of sp³-hybridized carbons (Fsp3) is 0.692. The lowest BCUT2D eigenvalue weighted by atomic mass is 10.1. The Balaban J connectivity index is 1.83. The molecule has 0 saturated carbocycles. The van der Waals surface area contributed by atoms with Gasteiger partial charge in [-0.2, -0.15) is 0 Å². The van der Waals surface area contributed by atoms with E-state index in [0.29, 0.717) is 11.1 Å². The van der Waals surface area contributed by atoms with Crippen molar-refractivity contribution in [2.45, 2.75) is 43.2 Å². The van der Waals surface area contributed by atoms with Gasteiger partial charge >= 0.3 is 6.03 Å². The minimum absolute atomic E-state index is 0.353. The first-order valence-corrected chi connectivity index (χ1v) is 8.31. The van der Waals surface area contributed by atoms with Crippen LogP contribution in [0.2, 0.25) is 0 Å². The summed E-state index contributed by atoms with van der Waals surface area (Å²) in [5, 5.41) is 12.4. The lowest BCUT2D eigenvalue weighted by Crippen LogP contribution is -3.11. The predicted molar refractivity (Wildman–Crippen MR) is 80.5 cm³/mol. The number of piperidine rings is 1. The Morgan fingerprint density at radius 3 is 2.73 bits per heavy atom. The molecule has 1 atom stereocenters. The topological polar surface area (TPSA) is 102 Å². The molecule has 3 amide bonds. The highest BCUT2D eigenvalue weighted by Crippen LogP contribution is 2.21. The molecule has 1 aliphatic heterocycles. The number of thioether (sulfide) groups is 1. The maximum atomic E-state index is 11.8. The Hall–Kier alpha value is -1.61. The zero-order valence-electron chi connectivity index (χ0n) is 12.8. The quantitative estimate of drug-likeness (QED) is 0.634. The van der Waals surface area contributed by atoms with Crippen LogP contribution in [-0.4, -0.2) is 47.5 Å². The van der Waals surface area contributed by atoms with Crippen molar-refractivity contribution in [1.29, 1.82) is 0 Å². The Labute approximate surface area is 133 Å². The van der Waals surface area contributed by atoms with Gasteiger partial charge in [0.2, 0.25) is 5.91 Å². The smallest absolute Gasteiger partial charge is 0.321 e. The minimum Gasteiger partial charge on any atom is -0.410 e. The second-order valence-corrected chi connectivity index (χ2v) is 6.57. The van der Waals surface area contributed by atoms with Crippen molar-refractivity contribution in [3.8, 4) is 0 Å². The first-order chi connectivity index (χ1) is 10.6. The number of likely N-dealkylation sites (tertiary alicyclic amines) is 1. The van der Waals surface area contributed by atoms with E-state index in [1.165, 1.54) is 31.2 Å². The molecule has 3 N–H and O–H groups in total. The second-order valence-electron chi connectivity index (χ2n) is 5.28. The minimum atomic E-state index is -0.530. The summed E-state index contributed by atoms with van der Waals surface area (Å²) < 4.78 is 5.58. The number of nitrogens with one attached hydrogen (secondary N) is 3. The summed E-state index contributed by atoms with van der Waals surface area (Å²) >= 11 is 1.15. The molecule has 1 fully saturated rings. The highest BCUT2D eigenvalue weighted by atomic mass is 32.2. The molecular formula is C13H22N5O3S+. The van der Waals surface area contributed by atoms with Crippen LogP contribution in [0, 0.1) is 0 Å². The molecule has 0 bridgehead atoms. The third kappa shape index (κ3) is 4.99. The highest BCUT2D eigenvalue weighted by molar-refractivity contribution is 8.00. The monoisotopic (exact) mass is 328 g/mol. The van der Waals surface area contributed by atoms with Crippen molar-refractivity contribution >= 4 is 23.7 Å². The second kappa shape index (κ2) is 8.14. The van der Waals surface area contributed by atoms with E-state index in [-0.39, 0.29) is 0 Å². The first-order valence-electron chi connectivity index (χ1n) is 7.43.